The summed E-state index contributed by atoms with van der Waals surface area (Å²) in [5, 5.41) is 5.55. The van der Waals surface area contributed by atoms with E-state index in [9.17, 15) is 9.59 Å². The van der Waals surface area contributed by atoms with Gasteiger partial charge in [-0.25, -0.2) is 0 Å². The summed E-state index contributed by atoms with van der Waals surface area (Å²) >= 11 is 0. The van der Waals surface area contributed by atoms with Crippen LogP contribution in [0.5, 0.6) is 5.75 Å². The monoisotopic (exact) mass is 364 g/mol. The molecule has 0 atom stereocenters. The van der Waals surface area contributed by atoms with Gasteiger partial charge in [0, 0.05) is 16.9 Å². The molecule has 1 heterocycles. The molecule has 138 valence electrons. The van der Waals surface area contributed by atoms with Crippen molar-refractivity contribution in [2.75, 3.05) is 17.2 Å². The second kappa shape index (κ2) is 8.23. The first kappa shape index (κ1) is 18.3. The van der Waals surface area contributed by atoms with Crippen molar-refractivity contribution in [2.45, 2.75) is 13.8 Å². The van der Waals surface area contributed by atoms with E-state index < -0.39 is 0 Å². The highest BCUT2D eigenvalue weighted by atomic mass is 16.5. The minimum Gasteiger partial charge on any atom is -0.494 e. The molecule has 27 heavy (non-hydrogen) atoms. The molecule has 2 aromatic carbocycles. The normalized spacial score (nSPS) is 10.3. The van der Waals surface area contributed by atoms with E-state index in [0.717, 1.165) is 5.75 Å². The van der Waals surface area contributed by atoms with Crippen LogP contribution in [0.4, 0.5) is 11.4 Å². The van der Waals surface area contributed by atoms with E-state index in [2.05, 4.69) is 10.6 Å². The van der Waals surface area contributed by atoms with Crippen LogP contribution in [0, 0.1) is 6.92 Å². The fourth-order valence-electron chi connectivity index (χ4n) is 2.46. The summed E-state index contributed by atoms with van der Waals surface area (Å²) in [5.74, 6) is 1.09. The second-order valence-electron chi connectivity index (χ2n) is 5.85. The van der Waals surface area contributed by atoms with E-state index in [1.807, 2.05) is 6.92 Å². The summed E-state index contributed by atoms with van der Waals surface area (Å²) in [6.07, 6.45) is 0. The van der Waals surface area contributed by atoms with Crippen molar-refractivity contribution in [3.8, 4) is 5.75 Å². The van der Waals surface area contributed by atoms with Crippen LogP contribution in [-0.2, 0) is 0 Å². The highest BCUT2D eigenvalue weighted by Gasteiger charge is 2.11. The first-order valence-electron chi connectivity index (χ1n) is 8.57. The Kier molecular flexibility index (Phi) is 5.56. The third-order valence-electron chi connectivity index (χ3n) is 3.79. The van der Waals surface area contributed by atoms with Crippen LogP contribution in [0.3, 0.4) is 0 Å². The molecule has 0 bridgehead atoms. The molecular formula is C21H20N2O4. The minimum atomic E-state index is -0.338. The second-order valence-corrected chi connectivity index (χ2v) is 5.85. The predicted octanol–water partition coefficient (Wildman–Crippen LogP) is 4.49. The average Bonchev–Trinajstić information content (AvgIpc) is 3.11. The SMILES string of the molecule is CCOc1ccc(NC(=O)c2ccc(NC(=O)c3ccc(C)o3)cc2)cc1. The van der Waals surface area contributed by atoms with Gasteiger partial charge in [0.05, 0.1) is 6.61 Å². The molecule has 0 aliphatic rings. The Bertz CT molecular complexity index is 928. The molecular weight excluding hydrogens is 344 g/mol. The van der Waals surface area contributed by atoms with Gasteiger partial charge in [0.2, 0.25) is 0 Å². The van der Waals surface area contributed by atoms with Gasteiger partial charge in [-0.3, -0.25) is 9.59 Å². The molecule has 0 aliphatic heterocycles. The van der Waals surface area contributed by atoms with Crippen LogP contribution in [0.15, 0.2) is 65.1 Å². The number of ether oxygens (including phenoxy) is 1. The smallest absolute Gasteiger partial charge is 0.291 e. The molecule has 0 unspecified atom stereocenters. The van der Waals surface area contributed by atoms with Crippen LogP contribution >= 0.6 is 0 Å². The van der Waals surface area contributed by atoms with Crippen LogP contribution in [0.1, 0.15) is 33.6 Å². The highest BCUT2D eigenvalue weighted by Crippen LogP contribution is 2.17. The lowest BCUT2D eigenvalue weighted by Gasteiger charge is -2.08. The Morgan fingerprint density at radius 3 is 2.00 bits per heavy atom. The van der Waals surface area contributed by atoms with E-state index in [1.54, 1.807) is 67.6 Å². The molecule has 2 amide bonds. The topological polar surface area (TPSA) is 80.6 Å². The molecule has 6 nitrogen and oxygen atoms in total. The molecule has 0 spiro atoms. The molecule has 0 radical (unpaired) electrons. The number of anilines is 2. The molecule has 1 aromatic heterocycles. The van der Waals surface area contributed by atoms with Gasteiger partial charge in [0.1, 0.15) is 11.5 Å². The number of rotatable bonds is 6. The summed E-state index contributed by atoms with van der Waals surface area (Å²) in [6, 6.07) is 17.1. The summed E-state index contributed by atoms with van der Waals surface area (Å²) in [6.45, 7) is 4.28. The molecule has 3 aromatic rings. The molecule has 3 rings (SSSR count). The van der Waals surface area contributed by atoms with Crippen LogP contribution in [-0.4, -0.2) is 18.4 Å². The molecule has 0 saturated heterocycles. The third-order valence-corrected chi connectivity index (χ3v) is 3.79. The third kappa shape index (κ3) is 4.76. The number of amides is 2. The number of furan rings is 1. The largest absolute Gasteiger partial charge is 0.494 e. The summed E-state index contributed by atoms with van der Waals surface area (Å²) in [4.78, 5) is 24.4. The predicted molar refractivity (Wildman–Crippen MR) is 103 cm³/mol. The average molecular weight is 364 g/mol. The van der Waals surface area contributed by atoms with E-state index >= 15 is 0 Å². The zero-order chi connectivity index (χ0) is 19.2. The summed E-state index contributed by atoms with van der Waals surface area (Å²) in [5.41, 5.74) is 1.73. The first-order chi connectivity index (χ1) is 13.0. The van der Waals surface area contributed by atoms with Gasteiger partial charge in [0.25, 0.3) is 11.8 Å². The first-order valence-corrected chi connectivity index (χ1v) is 8.57. The lowest BCUT2D eigenvalue weighted by molar-refractivity contribution is 0.0994. The van der Waals surface area contributed by atoms with E-state index in [1.165, 1.54) is 0 Å². The van der Waals surface area contributed by atoms with Crippen molar-refractivity contribution < 1.29 is 18.7 Å². The van der Waals surface area contributed by atoms with Crippen molar-refractivity contribution in [3.63, 3.8) is 0 Å². The standard InChI is InChI=1S/C21H20N2O4/c1-3-26-18-11-9-17(10-12-18)22-20(24)15-5-7-16(8-6-15)23-21(25)19-13-4-14(2)27-19/h4-13H,3H2,1-2H3,(H,22,24)(H,23,25). The van der Waals surface area contributed by atoms with Gasteiger partial charge in [-0.1, -0.05) is 0 Å². The zero-order valence-corrected chi connectivity index (χ0v) is 15.1. The number of benzene rings is 2. The van der Waals surface area contributed by atoms with Crippen molar-refractivity contribution in [1.29, 1.82) is 0 Å². The van der Waals surface area contributed by atoms with E-state index in [0.29, 0.717) is 29.3 Å². The van der Waals surface area contributed by atoms with Gasteiger partial charge in [0.15, 0.2) is 5.76 Å². The minimum absolute atomic E-state index is 0.237. The Hall–Kier alpha value is -3.54. The number of carbonyl (C=O) groups is 2. The van der Waals surface area contributed by atoms with Crippen molar-refractivity contribution in [3.05, 3.63) is 77.7 Å². The van der Waals surface area contributed by atoms with Crippen molar-refractivity contribution in [1.82, 2.24) is 0 Å². The van der Waals surface area contributed by atoms with Crippen molar-refractivity contribution in [2.24, 2.45) is 0 Å². The molecule has 6 heteroatoms. The maximum Gasteiger partial charge on any atom is 0.291 e. The van der Waals surface area contributed by atoms with Gasteiger partial charge in [-0.05, 0) is 74.5 Å². The zero-order valence-electron chi connectivity index (χ0n) is 15.1. The lowest BCUT2D eigenvalue weighted by atomic mass is 10.2. The molecule has 0 fully saturated rings. The molecule has 0 saturated carbocycles. The highest BCUT2D eigenvalue weighted by molar-refractivity contribution is 6.05. The Morgan fingerprint density at radius 1 is 0.852 bits per heavy atom. The number of hydrogen-bond donors (Lipinski definition) is 2. The van der Waals surface area contributed by atoms with Gasteiger partial charge in [-0.2, -0.15) is 0 Å². The fourth-order valence-corrected chi connectivity index (χ4v) is 2.46. The Labute approximate surface area is 157 Å². The van der Waals surface area contributed by atoms with Gasteiger partial charge >= 0.3 is 0 Å². The van der Waals surface area contributed by atoms with Crippen molar-refractivity contribution >= 4 is 23.2 Å². The fraction of sp³-hybridized carbons (Fsp3) is 0.143. The molecule has 0 aliphatic carbocycles. The van der Waals surface area contributed by atoms with Crippen LogP contribution in [0.2, 0.25) is 0 Å². The number of hydrogen-bond acceptors (Lipinski definition) is 4. The summed E-state index contributed by atoms with van der Waals surface area (Å²) < 4.78 is 10.7. The molecule has 2 N–H and O–H groups in total. The van der Waals surface area contributed by atoms with Crippen LogP contribution in [0.25, 0.3) is 0 Å². The number of nitrogens with one attached hydrogen (secondary N) is 2. The Balaban J connectivity index is 1.60. The summed E-state index contributed by atoms with van der Waals surface area (Å²) in [7, 11) is 0. The van der Waals surface area contributed by atoms with Crippen LogP contribution < -0.4 is 15.4 Å². The maximum atomic E-state index is 12.3. The lowest BCUT2D eigenvalue weighted by Crippen LogP contribution is -2.13. The van der Waals surface area contributed by atoms with Gasteiger partial charge in [-0.15, -0.1) is 0 Å². The van der Waals surface area contributed by atoms with E-state index in [4.69, 9.17) is 9.15 Å². The number of carbonyl (C=O) groups excluding carboxylic acids is 2. The number of aryl methyl sites for hydroxylation is 1. The maximum absolute atomic E-state index is 12.3. The quantitative estimate of drug-likeness (QED) is 0.675. The Morgan fingerprint density at radius 2 is 1.44 bits per heavy atom. The van der Waals surface area contributed by atoms with Gasteiger partial charge < -0.3 is 19.8 Å². The van der Waals surface area contributed by atoms with E-state index in [-0.39, 0.29) is 17.6 Å².